The molecule has 0 aromatic heterocycles. The summed E-state index contributed by atoms with van der Waals surface area (Å²) in [4.78, 5) is 15.3. The van der Waals surface area contributed by atoms with E-state index in [0.717, 1.165) is 43.7 Å². The van der Waals surface area contributed by atoms with Crippen LogP contribution in [0.4, 0.5) is 0 Å². The Labute approximate surface area is 180 Å². The molecule has 160 valence electrons. The van der Waals surface area contributed by atoms with Gasteiger partial charge in [-0.2, -0.15) is 0 Å². The number of rotatable bonds is 5. The Morgan fingerprint density at radius 3 is 2.62 bits per heavy atom. The first-order chi connectivity index (χ1) is 14.1. The van der Waals surface area contributed by atoms with E-state index in [9.17, 15) is 9.90 Å². The van der Waals surface area contributed by atoms with Crippen LogP contribution in [0.1, 0.15) is 81.4 Å². The molecule has 1 amide bonds. The van der Waals surface area contributed by atoms with E-state index in [-0.39, 0.29) is 11.9 Å². The van der Waals surface area contributed by atoms with E-state index >= 15 is 0 Å². The Balaban J connectivity index is 1.46. The highest BCUT2D eigenvalue weighted by atomic mass is 35.5. The number of halogens is 1. The third-order valence-electron chi connectivity index (χ3n) is 7.34. The van der Waals surface area contributed by atoms with E-state index < -0.39 is 5.60 Å². The molecule has 5 heteroatoms. The van der Waals surface area contributed by atoms with Crippen LogP contribution in [0.2, 0.25) is 5.02 Å². The van der Waals surface area contributed by atoms with Gasteiger partial charge in [0.2, 0.25) is 5.91 Å². The number of hydrogen-bond acceptors (Lipinski definition) is 3. The van der Waals surface area contributed by atoms with Crippen molar-refractivity contribution in [3.63, 3.8) is 0 Å². The number of carbonyl (C=O) groups excluding carboxylic acids is 1. The summed E-state index contributed by atoms with van der Waals surface area (Å²) in [5.74, 6) is 0.679. The molecular weight excluding hydrogens is 384 g/mol. The molecule has 0 radical (unpaired) electrons. The van der Waals surface area contributed by atoms with Crippen molar-refractivity contribution in [3.05, 3.63) is 34.3 Å². The molecule has 1 heterocycles. The van der Waals surface area contributed by atoms with Gasteiger partial charge in [-0.05, 0) is 55.2 Å². The Hall–Kier alpha value is -1.10. The first kappa shape index (κ1) is 21.1. The van der Waals surface area contributed by atoms with Crippen molar-refractivity contribution in [3.8, 4) is 0 Å². The van der Waals surface area contributed by atoms with Crippen LogP contribution >= 0.6 is 11.6 Å². The normalized spacial score (nSPS) is 24.9. The van der Waals surface area contributed by atoms with Crippen LogP contribution in [0.5, 0.6) is 0 Å². The maximum absolute atomic E-state index is 13.2. The molecule has 2 aliphatic carbocycles. The number of nitrogens with zero attached hydrogens (tertiary/aromatic N) is 1. The molecule has 0 saturated heterocycles. The molecule has 1 aromatic rings. The number of benzene rings is 1. The fraction of sp³-hybridized carbons (Fsp3) is 0.708. The van der Waals surface area contributed by atoms with Crippen molar-refractivity contribution in [1.82, 2.24) is 10.2 Å². The fourth-order valence-electron chi connectivity index (χ4n) is 5.78. The Bertz CT molecular complexity index is 711. The standard InChI is InChI=1S/C24H35ClN2O2/c25-21-11-7-10-20-19(21)12-15-27(23(20)18-8-3-1-4-9-18)22(28)16-26-17-24(29)13-5-2-6-14-24/h7,10-11,18,23,26,29H,1-6,8-9,12-17H2. The summed E-state index contributed by atoms with van der Waals surface area (Å²) in [6, 6.07) is 6.33. The van der Waals surface area contributed by atoms with Gasteiger partial charge in [-0.3, -0.25) is 4.79 Å². The van der Waals surface area contributed by atoms with Crippen molar-refractivity contribution in [1.29, 1.82) is 0 Å². The highest BCUT2D eigenvalue weighted by Gasteiger charge is 2.37. The molecule has 0 bridgehead atoms. The summed E-state index contributed by atoms with van der Waals surface area (Å²) >= 11 is 6.52. The average Bonchev–Trinajstić information content (AvgIpc) is 2.74. The number of hydrogen-bond donors (Lipinski definition) is 2. The van der Waals surface area contributed by atoms with E-state index in [1.807, 2.05) is 12.1 Å². The predicted molar refractivity (Wildman–Crippen MR) is 117 cm³/mol. The van der Waals surface area contributed by atoms with Crippen LogP contribution in [-0.4, -0.2) is 41.1 Å². The monoisotopic (exact) mass is 418 g/mol. The molecule has 1 aliphatic heterocycles. The van der Waals surface area contributed by atoms with Gasteiger partial charge in [0.25, 0.3) is 0 Å². The Kier molecular flexibility index (Phi) is 6.83. The van der Waals surface area contributed by atoms with Gasteiger partial charge in [0.05, 0.1) is 18.2 Å². The molecule has 1 atom stereocenters. The molecule has 2 fully saturated rings. The first-order valence-corrected chi connectivity index (χ1v) is 12.0. The molecule has 2 saturated carbocycles. The molecule has 4 nitrogen and oxygen atoms in total. The highest BCUT2D eigenvalue weighted by Crippen LogP contribution is 2.43. The van der Waals surface area contributed by atoms with E-state index in [0.29, 0.717) is 19.0 Å². The summed E-state index contributed by atoms with van der Waals surface area (Å²) in [7, 11) is 0. The number of fused-ring (bicyclic) bond motifs is 1. The van der Waals surface area contributed by atoms with Gasteiger partial charge in [-0.15, -0.1) is 0 Å². The van der Waals surface area contributed by atoms with E-state index in [4.69, 9.17) is 11.6 Å². The summed E-state index contributed by atoms with van der Waals surface area (Å²) in [6.07, 6.45) is 12.1. The zero-order valence-electron chi connectivity index (χ0n) is 17.5. The first-order valence-electron chi connectivity index (χ1n) is 11.6. The lowest BCUT2D eigenvalue weighted by molar-refractivity contribution is -0.135. The third-order valence-corrected chi connectivity index (χ3v) is 7.70. The van der Waals surface area contributed by atoms with Crippen LogP contribution < -0.4 is 5.32 Å². The molecule has 1 aromatic carbocycles. The number of amides is 1. The van der Waals surface area contributed by atoms with E-state index in [1.54, 1.807) is 0 Å². The SMILES string of the molecule is O=C(CNCC1(O)CCCCC1)N1CCc2c(Cl)cccc2C1C1CCCCC1. The van der Waals surface area contributed by atoms with Gasteiger partial charge in [0.1, 0.15) is 0 Å². The minimum Gasteiger partial charge on any atom is -0.389 e. The molecule has 4 rings (SSSR count). The summed E-state index contributed by atoms with van der Waals surface area (Å²) in [6.45, 7) is 1.56. The molecular formula is C24H35ClN2O2. The quantitative estimate of drug-likeness (QED) is 0.732. The smallest absolute Gasteiger partial charge is 0.237 e. The second-order valence-corrected chi connectivity index (χ2v) is 9.78. The second-order valence-electron chi connectivity index (χ2n) is 9.38. The highest BCUT2D eigenvalue weighted by molar-refractivity contribution is 6.31. The van der Waals surface area contributed by atoms with Crippen molar-refractivity contribution in [2.45, 2.75) is 82.3 Å². The summed E-state index contributed by atoms with van der Waals surface area (Å²) in [5.41, 5.74) is 1.86. The zero-order chi connectivity index (χ0) is 20.3. The third kappa shape index (κ3) is 4.81. The lowest BCUT2D eigenvalue weighted by Crippen LogP contribution is -2.49. The van der Waals surface area contributed by atoms with Crippen molar-refractivity contribution in [2.75, 3.05) is 19.6 Å². The van der Waals surface area contributed by atoms with Crippen molar-refractivity contribution < 1.29 is 9.90 Å². The zero-order valence-corrected chi connectivity index (χ0v) is 18.2. The van der Waals surface area contributed by atoms with Crippen LogP contribution in [0, 0.1) is 5.92 Å². The molecule has 0 spiro atoms. The van der Waals surface area contributed by atoms with Crippen molar-refractivity contribution in [2.24, 2.45) is 5.92 Å². The minimum absolute atomic E-state index is 0.143. The van der Waals surface area contributed by atoms with Crippen LogP contribution in [0.15, 0.2) is 18.2 Å². The lowest BCUT2D eigenvalue weighted by atomic mass is 9.77. The molecule has 2 N–H and O–H groups in total. The molecule has 3 aliphatic rings. The number of carbonyl (C=O) groups is 1. The van der Waals surface area contributed by atoms with Crippen LogP contribution in [-0.2, 0) is 11.2 Å². The maximum atomic E-state index is 13.2. The van der Waals surface area contributed by atoms with Crippen LogP contribution in [0.3, 0.4) is 0 Å². The fourth-order valence-corrected chi connectivity index (χ4v) is 6.06. The van der Waals surface area contributed by atoms with E-state index in [1.165, 1.54) is 49.7 Å². The van der Waals surface area contributed by atoms with Gasteiger partial charge >= 0.3 is 0 Å². The summed E-state index contributed by atoms with van der Waals surface area (Å²) < 4.78 is 0. The van der Waals surface area contributed by atoms with Gasteiger partial charge in [-0.25, -0.2) is 0 Å². The average molecular weight is 419 g/mol. The largest absolute Gasteiger partial charge is 0.389 e. The van der Waals surface area contributed by atoms with Crippen LogP contribution in [0.25, 0.3) is 0 Å². The Morgan fingerprint density at radius 1 is 1.14 bits per heavy atom. The number of aliphatic hydroxyl groups is 1. The molecule has 1 unspecified atom stereocenters. The van der Waals surface area contributed by atoms with E-state index in [2.05, 4.69) is 16.3 Å². The Morgan fingerprint density at radius 2 is 1.86 bits per heavy atom. The minimum atomic E-state index is -0.636. The predicted octanol–water partition coefficient (Wildman–Crippen LogP) is 4.63. The lowest BCUT2D eigenvalue weighted by Gasteiger charge is -2.43. The molecule has 29 heavy (non-hydrogen) atoms. The van der Waals surface area contributed by atoms with Gasteiger partial charge in [0, 0.05) is 18.1 Å². The van der Waals surface area contributed by atoms with Gasteiger partial charge in [0.15, 0.2) is 0 Å². The topological polar surface area (TPSA) is 52.6 Å². The summed E-state index contributed by atoms with van der Waals surface area (Å²) in [5, 5.41) is 14.8. The number of nitrogens with one attached hydrogen (secondary N) is 1. The maximum Gasteiger partial charge on any atom is 0.237 e. The second kappa shape index (κ2) is 9.36. The van der Waals surface area contributed by atoms with Gasteiger partial charge in [-0.1, -0.05) is 62.3 Å². The van der Waals surface area contributed by atoms with Crippen molar-refractivity contribution >= 4 is 17.5 Å². The van der Waals surface area contributed by atoms with Gasteiger partial charge < -0.3 is 15.3 Å².